The lowest BCUT2D eigenvalue weighted by Gasteiger charge is -2.34. The first-order valence-electron chi connectivity index (χ1n) is 11.3. The number of hydrogen-bond donors (Lipinski definition) is 0. The molecule has 1 fully saturated rings. The van der Waals surface area contributed by atoms with Crippen molar-refractivity contribution in [1.82, 2.24) is 14.8 Å². The zero-order valence-electron chi connectivity index (χ0n) is 19.1. The lowest BCUT2D eigenvalue weighted by Crippen LogP contribution is -2.47. The van der Waals surface area contributed by atoms with Gasteiger partial charge in [0.2, 0.25) is 12.7 Å². The van der Waals surface area contributed by atoms with Crippen molar-refractivity contribution in [2.24, 2.45) is 0 Å². The van der Waals surface area contributed by atoms with Crippen molar-refractivity contribution < 1.29 is 19.0 Å². The lowest BCUT2D eigenvalue weighted by atomic mass is 10.1. The molecule has 1 saturated heterocycles. The molecular formula is C26H27N3O4S. The van der Waals surface area contributed by atoms with Gasteiger partial charge in [0.05, 0.1) is 10.7 Å². The quantitative estimate of drug-likeness (QED) is 0.477. The first-order valence-corrected chi connectivity index (χ1v) is 12.2. The highest BCUT2D eigenvalue weighted by atomic mass is 32.1. The van der Waals surface area contributed by atoms with Crippen LogP contribution in [0.15, 0.2) is 53.9 Å². The molecule has 2 aromatic carbocycles. The largest absolute Gasteiger partial charge is 0.487 e. The second kappa shape index (κ2) is 10.3. The van der Waals surface area contributed by atoms with Gasteiger partial charge in [-0.05, 0) is 36.8 Å². The topological polar surface area (TPSA) is 64.1 Å². The highest BCUT2D eigenvalue weighted by molar-refractivity contribution is 7.09. The first kappa shape index (κ1) is 22.4. The van der Waals surface area contributed by atoms with Crippen LogP contribution in [0.3, 0.4) is 0 Å². The molecule has 2 aliphatic rings. The number of carbonyl (C=O) groups excluding carboxylic acids is 1. The molecular weight excluding hydrogens is 450 g/mol. The fraction of sp³-hybridized carbons (Fsp3) is 0.308. The molecule has 1 aromatic heterocycles. The molecule has 1 amide bonds. The second-order valence-electron chi connectivity index (χ2n) is 8.31. The van der Waals surface area contributed by atoms with Crippen LogP contribution in [0.1, 0.15) is 21.8 Å². The van der Waals surface area contributed by atoms with Crippen LogP contribution in [0.4, 0.5) is 0 Å². The van der Waals surface area contributed by atoms with E-state index in [4.69, 9.17) is 14.2 Å². The van der Waals surface area contributed by atoms with Gasteiger partial charge in [-0.15, -0.1) is 11.3 Å². The molecule has 3 aromatic rings. The van der Waals surface area contributed by atoms with E-state index in [2.05, 4.69) is 16.0 Å². The Morgan fingerprint density at radius 3 is 2.76 bits per heavy atom. The SMILES string of the molecule is Cc1nc(COc2ccccc2/C=C/C(=O)N2CCN(Cc3ccc4c(c3)OCO4)CC2)cs1. The summed E-state index contributed by atoms with van der Waals surface area (Å²) in [6.45, 7) is 6.58. The minimum Gasteiger partial charge on any atom is -0.487 e. The summed E-state index contributed by atoms with van der Waals surface area (Å²) in [5, 5.41) is 3.03. The summed E-state index contributed by atoms with van der Waals surface area (Å²) in [7, 11) is 0. The monoisotopic (exact) mass is 477 g/mol. The van der Waals surface area contributed by atoms with E-state index in [9.17, 15) is 4.79 Å². The van der Waals surface area contributed by atoms with Gasteiger partial charge in [-0.1, -0.05) is 24.3 Å². The van der Waals surface area contributed by atoms with Crippen LogP contribution in [-0.2, 0) is 17.9 Å². The highest BCUT2D eigenvalue weighted by Crippen LogP contribution is 2.33. The summed E-state index contributed by atoms with van der Waals surface area (Å²) in [5.41, 5.74) is 2.98. The van der Waals surface area contributed by atoms with Crippen LogP contribution in [0, 0.1) is 6.92 Å². The van der Waals surface area contributed by atoms with Gasteiger partial charge in [0.15, 0.2) is 11.5 Å². The fourth-order valence-electron chi connectivity index (χ4n) is 4.07. The number of aryl methyl sites for hydroxylation is 1. The molecule has 7 nitrogen and oxygen atoms in total. The van der Waals surface area contributed by atoms with E-state index < -0.39 is 0 Å². The van der Waals surface area contributed by atoms with Crippen LogP contribution >= 0.6 is 11.3 Å². The number of benzene rings is 2. The van der Waals surface area contributed by atoms with Crippen molar-refractivity contribution >= 4 is 23.3 Å². The number of para-hydroxylation sites is 1. The summed E-state index contributed by atoms with van der Waals surface area (Å²) in [4.78, 5) is 21.5. The van der Waals surface area contributed by atoms with Crippen LogP contribution in [0.5, 0.6) is 17.2 Å². The summed E-state index contributed by atoms with van der Waals surface area (Å²) >= 11 is 1.61. The molecule has 5 rings (SSSR count). The van der Waals surface area contributed by atoms with E-state index in [1.807, 2.05) is 59.7 Å². The molecule has 0 unspecified atom stereocenters. The third-order valence-corrected chi connectivity index (χ3v) is 6.72. The van der Waals surface area contributed by atoms with Gasteiger partial charge in [-0.2, -0.15) is 0 Å². The maximum Gasteiger partial charge on any atom is 0.246 e. The number of piperazine rings is 1. The molecule has 0 aliphatic carbocycles. The van der Waals surface area contributed by atoms with Gasteiger partial charge >= 0.3 is 0 Å². The van der Waals surface area contributed by atoms with Crippen LogP contribution in [0.25, 0.3) is 6.08 Å². The van der Waals surface area contributed by atoms with Crippen molar-refractivity contribution in [2.75, 3.05) is 33.0 Å². The molecule has 0 bridgehead atoms. The number of rotatable bonds is 7. The number of hydrogen-bond acceptors (Lipinski definition) is 7. The standard InChI is InChI=1S/C26H27N3O4S/c1-19-27-22(17-34-19)16-31-23-5-3-2-4-21(23)7-9-26(30)29-12-10-28(11-13-29)15-20-6-8-24-25(14-20)33-18-32-24/h2-9,14,17H,10-13,15-16,18H2,1H3/b9-7+. The van der Waals surface area contributed by atoms with Crippen LogP contribution < -0.4 is 14.2 Å². The predicted molar refractivity (Wildman–Crippen MR) is 131 cm³/mol. The van der Waals surface area contributed by atoms with Crippen LogP contribution in [0.2, 0.25) is 0 Å². The summed E-state index contributed by atoms with van der Waals surface area (Å²) in [6, 6.07) is 13.8. The third kappa shape index (κ3) is 5.40. The average Bonchev–Trinajstić information content (AvgIpc) is 3.50. The van der Waals surface area contributed by atoms with Gasteiger partial charge in [-0.3, -0.25) is 9.69 Å². The number of amides is 1. The van der Waals surface area contributed by atoms with Crippen molar-refractivity contribution in [2.45, 2.75) is 20.1 Å². The van der Waals surface area contributed by atoms with Gasteiger partial charge < -0.3 is 19.1 Å². The van der Waals surface area contributed by atoms with Gasteiger partial charge in [0.25, 0.3) is 0 Å². The summed E-state index contributed by atoms with van der Waals surface area (Å²) in [6.07, 6.45) is 3.48. The smallest absolute Gasteiger partial charge is 0.246 e. The Labute approximate surface area is 203 Å². The molecule has 0 radical (unpaired) electrons. The Balaban J connectivity index is 1.13. The number of thiazole rings is 1. The zero-order valence-corrected chi connectivity index (χ0v) is 19.9. The molecule has 0 saturated carbocycles. The van der Waals surface area contributed by atoms with E-state index in [-0.39, 0.29) is 12.7 Å². The Bertz CT molecular complexity index is 1180. The molecule has 3 heterocycles. The molecule has 34 heavy (non-hydrogen) atoms. The molecule has 0 spiro atoms. The van der Waals surface area contributed by atoms with E-state index >= 15 is 0 Å². The average molecular weight is 478 g/mol. The maximum atomic E-state index is 12.8. The van der Waals surface area contributed by atoms with E-state index in [1.165, 1.54) is 5.56 Å². The van der Waals surface area contributed by atoms with E-state index in [0.717, 1.165) is 53.1 Å². The number of aromatic nitrogens is 1. The van der Waals surface area contributed by atoms with Crippen LogP contribution in [-0.4, -0.2) is 53.7 Å². The Kier molecular flexibility index (Phi) is 6.78. The van der Waals surface area contributed by atoms with Gasteiger partial charge in [0, 0.05) is 49.7 Å². The summed E-state index contributed by atoms with van der Waals surface area (Å²) in [5.74, 6) is 2.37. The number of fused-ring (bicyclic) bond motifs is 1. The van der Waals surface area contributed by atoms with Crippen molar-refractivity contribution in [3.8, 4) is 17.2 Å². The number of carbonyl (C=O) groups is 1. The van der Waals surface area contributed by atoms with Gasteiger partial charge in [-0.25, -0.2) is 4.98 Å². The Morgan fingerprint density at radius 1 is 1.12 bits per heavy atom. The second-order valence-corrected chi connectivity index (χ2v) is 9.37. The van der Waals surface area contributed by atoms with E-state index in [1.54, 1.807) is 17.4 Å². The lowest BCUT2D eigenvalue weighted by molar-refractivity contribution is -0.127. The molecule has 8 heteroatoms. The molecule has 2 aliphatic heterocycles. The zero-order chi connectivity index (χ0) is 23.3. The third-order valence-electron chi connectivity index (χ3n) is 5.89. The Morgan fingerprint density at radius 2 is 1.94 bits per heavy atom. The van der Waals surface area contributed by atoms with Crippen molar-refractivity contribution in [3.05, 3.63) is 75.7 Å². The number of ether oxygens (including phenoxy) is 3. The fourth-order valence-corrected chi connectivity index (χ4v) is 4.66. The van der Waals surface area contributed by atoms with Crippen molar-refractivity contribution in [1.29, 1.82) is 0 Å². The van der Waals surface area contributed by atoms with Gasteiger partial charge in [0.1, 0.15) is 12.4 Å². The maximum absolute atomic E-state index is 12.8. The first-order chi connectivity index (χ1) is 16.6. The van der Waals surface area contributed by atoms with Crippen molar-refractivity contribution in [3.63, 3.8) is 0 Å². The summed E-state index contributed by atoms with van der Waals surface area (Å²) < 4.78 is 16.8. The highest BCUT2D eigenvalue weighted by Gasteiger charge is 2.21. The molecule has 0 N–H and O–H groups in total. The predicted octanol–water partition coefficient (Wildman–Crippen LogP) is 4.12. The Hall–Kier alpha value is -3.36. The van der Waals surface area contributed by atoms with E-state index in [0.29, 0.717) is 19.7 Å². The normalized spacial score (nSPS) is 15.7. The molecule has 176 valence electrons. The molecule has 0 atom stereocenters. The number of nitrogens with zero attached hydrogens (tertiary/aromatic N) is 3. The minimum absolute atomic E-state index is 0.0210. The minimum atomic E-state index is 0.0210.